The van der Waals surface area contributed by atoms with E-state index in [0.29, 0.717) is 22.3 Å². The van der Waals surface area contributed by atoms with E-state index in [4.69, 9.17) is 0 Å². The van der Waals surface area contributed by atoms with Crippen LogP contribution in [0.2, 0.25) is 0 Å². The van der Waals surface area contributed by atoms with E-state index in [-0.39, 0.29) is 11.9 Å². The molecule has 2 aromatic heterocycles. The highest BCUT2D eigenvalue weighted by Crippen LogP contribution is 2.33. The topological polar surface area (TPSA) is 83.9 Å². The van der Waals surface area contributed by atoms with Crippen LogP contribution in [0.15, 0.2) is 41.9 Å². The number of nitrogens with zero attached hydrogens (tertiary/aromatic N) is 5. The third kappa shape index (κ3) is 3.41. The molecule has 0 saturated carbocycles. The van der Waals surface area contributed by atoms with Crippen LogP contribution in [0, 0.1) is 6.92 Å². The first-order valence-corrected chi connectivity index (χ1v) is 9.33. The molecule has 1 aliphatic rings. The van der Waals surface area contributed by atoms with E-state index in [1.54, 1.807) is 5.51 Å². The number of rotatable bonds is 4. The Balaban J connectivity index is 1.61. The lowest BCUT2D eigenvalue weighted by Gasteiger charge is -2.25. The van der Waals surface area contributed by atoms with E-state index in [0.717, 1.165) is 25.1 Å². The number of benzene rings is 1. The molecule has 3 heterocycles. The van der Waals surface area contributed by atoms with Gasteiger partial charge in [0, 0.05) is 18.2 Å². The summed E-state index contributed by atoms with van der Waals surface area (Å²) in [6, 6.07) is 11.2. The normalized spacial score (nSPS) is 16.7. The second kappa shape index (κ2) is 7.17. The van der Waals surface area contributed by atoms with E-state index in [9.17, 15) is 4.79 Å². The van der Waals surface area contributed by atoms with Crippen molar-refractivity contribution in [3.05, 3.63) is 59.0 Å². The van der Waals surface area contributed by atoms with Gasteiger partial charge in [0.05, 0.1) is 11.7 Å². The molecule has 8 heteroatoms. The molecule has 1 amide bonds. The van der Waals surface area contributed by atoms with Crippen LogP contribution >= 0.6 is 11.3 Å². The molecule has 132 valence electrons. The van der Waals surface area contributed by atoms with Gasteiger partial charge in [0.15, 0.2) is 0 Å². The van der Waals surface area contributed by atoms with Gasteiger partial charge in [-0.2, -0.15) is 0 Å². The third-order valence-corrected chi connectivity index (χ3v) is 4.94. The number of hydrogen-bond acceptors (Lipinski definition) is 7. The van der Waals surface area contributed by atoms with Crippen molar-refractivity contribution in [3.8, 4) is 0 Å². The summed E-state index contributed by atoms with van der Waals surface area (Å²) in [7, 11) is 0. The summed E-state index contributed by atoms with van der Waals surface area (Å²) < 4.78 is 0. The molecule has 0 unspecified atom stereocenters. The predicted octanol–water partition coefficient (Wildman–Crippen LogP) is 3.36. The van der Waals surface area contributed by atoms with Crippen molar-refractivity contribution in [2.75, 3.05) is 11.9 Å². The number of carbonyl (C=O) groups excluding carboxylic acids is 1. The lowest BCUT2D eigenvalue weighted by molar-refractivity contribution is 0.0732. The first kappa shape index (κ1) is 16.6. The summed E-state index contributed by atoms with van der Waals surface area (Å²) in [4.78, 5) is 23.8. The molecule has 1 atom stereocenters. The van der Waals surface area contributed by atoms with Crippen molar-refractivity contribution in [1.29, 1.82) is 0 Å². The maximum atomic E-state index is 12.9. The van der Waals surface area contributed by atoms with Gasteiger partial charge in [-0.3, -0.25) is 4.79 Å². The minimum Gasteiger partial charge on any atom is -0.330 e. The van der Waals surface area contributed by atoms with Gasteiger partial charge in [0.1, 0.15) is 17.2 Å². The lowest BCUT2D eigenvalue weighted by atomic mass is 10.1. The number of carbonyl (C=O) groups is 1. The molecular weight excluding hydrogens is 348 g/mol. The maximum Gasteiger partial charge on any atom is 0.254 e. The zero-order chi connectivity index (χ0) is 17.9. The van der Waals surface area contributed by atoms with E-state index in [2.05, 4.69) is 25.5 Å². The van der Waals surface area contributed by atoms with Crippen molar-refractivity contribution < 1.29 is 4.79 Å². The Hall–Kier alpha value is -2.87. The Labute approximate surface area is 155 Å². The van der Waals surface area contributed by atoms with Crippen LogP contribution in [0.1, 0.15) is 40.8 Å². The van der Waals surface area contributed by atoms with Crippen LogP contribution in [0.5, 0.6) is 0 Å². The van der Waals surface area contributed by atoms with Gasteiger partial charge in [0.2, 0.25) is 5.13 Å². The molecule has 4 rings (SSSR count). The maximum absolute atomic E-state index is 12.9. The third-order valence-electron chi connectivity index (χ3n) is 4.33. The standard InChI is InChI=1S/C18H18N6OS/c1-12-20-14(10-16(21-12)22-18-23-19-11-26-18)15-8-5-9-24(15)17(25)13-6-3-2-4-7-13/h2-4,6-7,10-11,15H,5,8-9H2,1H3,(H,20,21,22,23)/t15-/m0/s1. The monoisotopic (exact) mass is 366 g/mol. The molecule has 7 nitrogen and oxygen atoms in total. The minimum atomic E-state index is -0.0422. The van der Waals surface area contributed by atoms with Crippen LogP contribution in [0.4, 0.5) is 10.9 Å². The summed E-state index contributed by atoms with van der Waals surface area (Å²) in [5.41, 5.74) is 3.22. The molecule has 3 aromatic rings. The Morgan fingerprint density at radius 2 is 2.12 bits per heavy atom. The van der Waals surface area contributed by atoms with Crippen LogP contribution in [0.25, 0.3) is 0 Å². The number of hydrogen-bond donors (Lipinski definition) is 1. The number of nitrogens with one attached hydrogen (secondary N) is 1. The molecule has 0 radical (unpaired) electrons. The van der Waals surface area contributed by atoms with Gasteiger partial charge in [0.25, 0.3) is 5.91 Å². The second-order valence-corrected chi connectivity index (χ2v) is 6.95. The molecule has 1 saturated heterocycles. The van der Waals surface area contributed by atoms with Crippen LogP contribution in [-0.4, -0.2) is 37.5 Å². The Morgan fingerprint density at radius 3 is 2.88 bits per heavy atom. The van der Waals surface area contributed by atoms with Gasteiger partial charge in [-0.25, -0.2) is 9.97 Å². The van der Waals surface area contributed by atoms with Gasteiger partial charge in [-0.1, -0.05) is 29.5 Å². The fraction of sp³-hybridized carbons (Fsp3) is 0.278. The summed E-state index contributed by atoms with van der Waals surface area (Å²) in [6.07, 6.45) is 1.86. The van der Waals surface area contributed by atoms with E-state index in [1.165, 1.54) is 11.3 Å². The summed E-state index contributed by atoms with van der Waals surface area (Å²) in [6.45, 7) is 2.59. The van der Waals surface area contributed by atoms with Gasteiger partial charge in [-0.15, -0.1) is 10.2 Å². The molecule has 1 aromatic carbocycles. The first-order chi connectivity index (χ1) is 12.7. The predicted molar refractivity (Wildman–Crippen MR) is 99.4 cm³/mol. The lowest BCUT2D eigenvalue weighted by Crippen LogP contribution is -2.31. The van der Waals surface area contributed by atoms with E-state index < -0.39 is 0 Å². The zero-order valence-electron chi connectivity index (χ0n) is 14.3. The Bertz CT molecular complexity index is 899. The molecule has 26 heavy (non-hydrogen) atoms. The zero-order valence-corrected chi connectivity index (χ0v) is 15.1. The average Bonchev–Trinajstić information content (AvgIpc) is 3.33. The molecular formula is C18H18N6OS. The Morgan fingerprint density at radius 1 is 1.27 bits per heavy atom. The Kier molecular flexibility index (Phi) is 4.57. The van der Waals surface area contributed by atoms with Crippen molar-refractivity contribution >= 4 is 28.2 Å². The van der Waals surface area contributed by atoms with Crippen molar-refractivity contribution in [1.82, 2.24) is 25.1 Å². The highest BCUT2D eigenvalue weighted by Gasteiger charge is 2.32. The summed E-state index contributed by atoms with van der Waals surface area (Å²) in [5.74, 6) is 1.37. The minimum absolute atomic E-state index is 0.0422. The molecule has 0 spiro atoms. The number of amides is 1. The van der Waals surface area contributed by atoms with Gasteiger partial charge < -0.3 is 10.2 Å². The van der Waals surface area contributed by atoms with Crippen LogP contribution in [-0.2, 0) is 0 Å². The SMILES string of the molecule is Cc1nc(Nc2nncs2)cc([C@@H]2CCCN2C(=O)c2ccccc2)n1. The van der Waals surface area contributed by atoms with Crippen LogP contribution in [0.3, 0.4) is 0 Å². The summed E-state index contributed by atoms with van der Waals surface area (Å²) >= 11 is 1.41. The van der Waals surface area contributed by atoms with Gasteiger partial charge in [-0.05, 0) is 31.9 Å². The first-order valence-electron chi connectivity index (χ1n) is 8.45. The fourth-order valence-electron chi connectivity index (χ4n) is 3.23. The van der Waals surface area contributed by atoms with E-state index in [1.807, 2.05) is 48.2 Å². The molecule has 0 aliphatic carbocycles. The molecule has 1 fully saturated rings. The second-order valence-electron chi connectivity index (χ2n) is 6.12. The molecule has 1 aliphatic heterocycles. The summed E-state index contributed by atoms with van der Waals surface area (Å²) in [5, 5.41) is 11.6. The largest absolute Gasteiger partial charge is 0.330 e. The number of anilines is 2. The quantitative estimate of drug-likeness (QED) is 0.762. The van der Waals surface area contributed by atoms with Gasteiger partial charge >= 0.3 is 0 Å². The smallest absolute Gasteiger partial charge is 0.254 e. The van der Waals surface area contributed by atoms with Crippen molar-refractivity contribution in [2.45, 2.75) is 25.8 Å². The number of aromatic nitrogens is 4. The number of aryl methyl sites for hydroxylation is 1. The fourth-order valence-corrected chi connectivity index (χ4v) is 3.68. The highest BCUT2D eigenvalue weighted by atomic mass is 32.1. The number of likely N-dealkylation sites (tertiary alicyclic amines) is 1. The van der Waals surface area contributed by atoms with Crippen molar-refractivity contribution in [3.63, 3.8) is 0 Å². The van der Waals surface area contributed by atoms with Crippen LogP contribution < -0.4 is 5.32 Å². The van der Waals surface area contributed by atoms with Crippen molar-refractivity contribution in [2.24, 2.45) is 0 Å². The molecule has 0 bridgehead atoms. The molecule has 1 N–H and O–H groups in total. The average molecular weight is 366 g/mol. The van der Waals surface area contributed by atoms with E-state index >= 15 is 0 Å². The highest BCUT2D eigenvalue weighted by molar-refractivity contribution is 7.13.